The van der Waals surface area contributed by atoms with Gasteiger partial charge in [0.05, 0.1) is 17.5 Å². The Bertz CT molecular complexity index is 871. The molecule has 27 heavy (non-hydrogen) atoms. The highest BCUT2D eigenvalue weighted by atomic mass is 32.2. The number of hydrogen-bond donors (Lipinski definition) is 1. The molecule has 1 N–H and O–H groups in total. The molecule has 1 aliphatic rings. The molecule has 146 valence electrons. The van der Waals surface area contributed by atoms with Crippen LogP contribution in [0.2, 0.25) is 0 Å². The van der Waals surface area contributed by atoms with Gasteiger partial charge in [-0.05, 0) is 25.5 Å². The lowest BCUT2D eigenvalue weighted by Crippen LogP contribution is -2.33. The van der Waals surface area contributed by atoms with Gasteiger partial charge >= 0.3 is 0 Å². The molecule has 0 amide bonds. The fourth-order valence-electron chi connectivity index (χ4n) is 3.35. The zero-order chi connectivity index (χ0) is 19.4. The van der Waals surface area contributed by atoms with Crippen molar-refractivity contribution in [3.8, 4) is 0 Å². The predicted molar refractivity (Wildman–Crippen MR) is 107 cm³/mol. The Morgan fingerprint density at radius 3 is 2.63 bits per heavy atom. The first-order valence-corrected chi connectivity index (χ1v) is 10.7. The summed E-state index contributed by atoms with van der Waals surface area (Å²) in [7, 11) is 2.27. The fourth-order valence-corrected chi connectivity index (χ4v) is 5.13. The van der Waals surface area contributed by atoms with Crippen LogP contribution in [0.25, 0.3) is 0 Å². The van der Waals surface area contributed by atoms with E-state index in [0.29, 0.717) is 18.9 Å². The normalized spacial score (nSPS) is 18.0. The van der Waals surface area contributed by atoms with E-state index in [9.17, 15) is 8.42 Å². The third kappa shape index (κ3) is 4.63. The molecule has 0 aliphatic carbocycles. The molecule has 0 unspecified atom stereocenters. The molecule has 1 aliphatic heterocycles. The number of hydrogen-bond acceptors (Lipinski definition) is 6. The van der Waals surface area contributed by atoms with E-state index >= 15 is 0 Å². The van der Waals surface area contributed by atoms with Crippen molar-refractivity contribution in [2.24, 2.45) is 0 Å². The van der Waals surface area contributed by atoms with Gasteiger partial charge in [0.15, 0.2) is 0 Å². The molecule has 0 saturated carbocycles. The van der Waals surface area contributed by atoms with E-state index in [1.165, 1.54) is 0 Å². The minimum Gasteiger partial charge on any atom is -0.363 e. The van der Waals surface area contributed by atoms with Gasteiger partial charge in [-0.1, -0.05) is 30.3 Å². The molecule has 3 rings (SSSR count). The van der Waals surface area contributed by atoms with Crippen molar-refractivity contribution in [3.05, 3.63) is 53.5 Å². The van der Waals surface area contributed by atoms with Gasteiger partial charge in [-0.25, -0.2) is 18.4 Å². The van der Waals surface area contributed by atoms with Crippen LogP contribution in [0.5, 0.6) is 0 Å². The van der Waals surface area contributed by atoms with Crippen LogP contribution in [0.15, 0.2) is 36.4 Å². The third-order valence-electron chi connectivity index (χ3n) is 4.65. The van der Waals surface area contributed by atoms with Gasteiger partial charge in [-0.3, -0.25) is 0 Å². The lowest BCUT2D eigenvalue weighted by atomic mass is 10.2. The minimum atomic E-state index is -3.44. The van der Waals surface area contributed by atoms with Gasteiger partial charge in [-0.15, -0.1) is 0 Å². The van der Waals surface area contributed by atoms with E-state index in [-0.39, 0.29) is 11.8 Å². The van der Waals surface area contributed by atoms with Gasteiger partial charge in [0, 0.05) is 33.3 Å². The Morgan fingerprint density at radius 2 is 1.96 bits per heavy atom. The second-order valence-electron chi connectivity index (χ2n) is 7.01. The first kappa shape index (κ1) is 19.7. The first-order valence-electron chi connectivity index (χ1n) is 9.14. The summed E-state index contributed by atoms with van der Waals surface area (Å²) in [5, 5.41) is 3.10. The highest BCUT2D eigenvalue weighted by Crippen LogP contribution is 2.34. The Balaban J connectivity index is 1.91. The zero-order valence-corrected chi connectivity index (χ0v) is 16.9. The van der Waals surface area contributed by atoms with Crippen LogP contribution in [0.4, 0.5) is 5.82 Å². The molecule has 1 saturated heterocycles. The molecule has 8 heteroatoms. The van der Waals surface area contributed by atoms with E-state index < -0.39 is 10.0 Å². The van der Waals surface area contributed by atoms with Crippen LogP contribution in [0.3, 0.4) is 0 Å². The van der Waals surface area contributed by atoms with E-state index in [4.69, 9.17) is 0 Å². The molecule has 1 fully saturated rings. The monoisotopic (exact) mass is 389 g/mol. The van der Waals surface area contributed by atoms with Crippen LogP contribution in [-0.4, -0.2) is 50.4 Å². The highest BCUT2D eigenvalue weighted by molar-refractivity contribution is 7.88. The molecule has 2 aromatic rings. The first-order chi connectivity index (χ1) is 12.9. The number of benzene rings is 1. The molecular formula is C19H27N5O2S. The van der Waals surface area contributed by atoms with Crippen LogP contribution >= 0.6 is 0 Å². The molecule has 1 aromatic carbocycles. The van der Waals surface area contributed by atoms with E-state index in [0.717, 1.165) is 29.9 Å². The molecule has 2 heterocycles. The summed E-state index contributed by atoms with van der Waals surface area (Å²) in [6, 6.07) is 10.9. The maximum absolute atomic E-state index is 13.1. The van der Waals surface area contributed by atoms with Crippen molar-refractivity contribution in [1.29, 1.82) is 0 Å². The van der Waals surface area contributed by atoms with Crippen LogP contribution in [0.1, 0.15) is 36.0 Å². The molecule has 0 radical (unpaired) electrons. The molecule has 1 aromatic heterocycles. The third-order valence-corrected chi connectivity index (χ3v) is 6.50. The summed E-state index contributed by atoms with van der Waals surface area (Å²) in [6.45, 7) is 1.12. The second kappa shape index (κ2) is 8.33. The van der Waals surface area contributed by atoms with Crippen molar-refractivity contribution in [2.75, 3.05) is 32.6 Å². The average molecular weight is 390 g/mol. The van der Waals surface area contributed by atoms with E-state index in [2.05, 4.69) is 15.3 Å². The fraction of sp³-hybridized carbons (Fsp3) is 0.474. The number of aromatic nitrogens is 2. The summed E-state index contributed by atoms with van der Waals surface area (Å²) < 4.78 is 27.7. The quantitative estimate of drug-likeness (QED) is 0.780. The number of anilines is 1. The number of rotatable bonds is 7. The minimum absolute atomic E-state index is 0.00108. The lowest BCUT2D eigenvalue weighted by molar-refractivity contribution is 0.382. The van der Waals surface area contributed by atoms with E-state index in [1.807, 2.05) is 62.4 Å². The molecule has 7 nitrogen and oxygen atoms in total. The maximum atomic E-state index is 13.1. The number of nitrogens with one attached hydrogen (secondary N) is 1. The Hall–Kier alpha value is -2.03. The van der Waals surface area contributed by atoms with Crippen molar-refractivity contribution in [3.63, 3.8) is 0 Å². The Morgan fingerprint density at radius 1 is 1.22 bits per heavy atom. The Labute approximate surface area is 161 Å². The van der Waals surface area contributed by atoms with Crippen molar-refractivity contribution in [2.45, 2.75) is 31.2 Å². The SMILES string of the molecule is CNCc1cc(N(C)C)nc([C@@H]2CCCN2S(=O)(=O)Cc2ccccc2)n1. The van der Waals surface area contributed by atoms with Gasteiger partial charge in [0.2, 0.25) is 10.0 Å². The molecular weight excluding hydrogens is 362 g/mol. The number of sulfonamides is 1. The standard InChI is InChI=1S/C19H27N5O2S/c1-20-13-16-12-18(23(2)3)22-19(21-16)17-10-7-11-24(17)27(25,26)14-15-8-5-4-6-9-15/h4-6,8-9,12,17,20H,7,10-11,13-14H2,1-3H3/t17-/m0/s1. The average Bonchev–Trinajstić information content (AvgIpc) is 3.13. The van der Waals surface area contributed by atoms with Gasteiger partial charge < -0.3 is 10.2 Å². The lowest BCUT2D eigenvalue weighted by Gasteiger charge is -2.24. The second-order valence-corrected chi connectivity index (χ2v) is 8.93. The van der Waals surface area contributed by atoms with E-state index in [1.54, 1.807) is 4.31 Å². The smallest absolute Gasteiger partial charge is 0.218 e. The number of nitrogens with zero attached hydrogens (tertiary/aromatic N) is 4. The van der Waals surface area contributed by atoms with Crippen molar-refractivity contribution in [1.82, 2.24) is 19.6 Å². The summed E-state index contributed by atoms with van der Waals surface area (Å²) in [4.78, 5) is 11.2. The van der Waals surface area contributed by atoms with Gasteiger partial charge in [-0.2, -0.15) is 4.31 Å². The summed E-state index contributed by atoms with van der Waals surface area (Å²) in [5.41, 5.74) is 1.65. The summed E-state index contributed by atoms with van der Waals surface area (Å²) in [5.74, 6) is 1.37. The van der Waals surface area contributed by atoms with Crippen molar-refractivity contribution >= 4 is 15.8 Å². The summed E-state index contributed by atoms with van der Waals surface area (Å²) in [6.07, 6.45) is 1.56. The molecule has 0 bridgehead atoms. The molecule has 1 atom stereocenters. The molecule has 0 spiro atoms. The van der Waals surface area contributed by atoms with Crippen LogP contribution < -0.4 is 10.2 Å². The topological polar surface area (TPSA) is 78.4 Å². The van der Waals surface area contributed by atoms with Crippen LogP contribution in [-0.2, 0) is 22.3 Å². The highest BCUT2D eigenvalue weighted by Gasteiger charge is 2.37. The zero-order valence-electron chi connectivity index (χ0n) is 16.1. The van der Waals surface area contributed by atoms with Crippen molar-refractivity contribution < 1.29 is 8.42 Å². The van der Waals surface area contributed by atoms with Crippen LogP contribution in [0, 0.1) is 0 Å². The van der Waals surface area contributed by atoms with Gasteiger partial charge in [0.25, 0.3) is 0 Å². The summed E-state index contributed by atoms with van der Waals surface area (Å²) >= 11 is 0. The predicted octanol–water partition coefficient (Wildman–Crippen LogP) is 1.93. The maximum Gasteiger partial charge on any atom is 0.218 e. The van der Waals surface area contributed by atoms with Gasteiger partial charge in [0.1, 0.15) is 11.6 Å². The Kier molecular flexibility index (Phi) is 6.08. The largest absolute Gasteiger partial charge is 0.363 e.